The molecule has 0 aliphatic rings. The highest BCUT2D eigenvalue weighted by molar-refractivity contribution is 5.87. The Labute approximate surface area is 112 Å². The van der Waals surface area contributed by atoms with Crippen LogP contribution >= 0.6 is 0 Å². The van der Waals surface area contributed by atoms with Crippen molar-refractivity contribution in [2.45, 2.75) is 33.1 Å². The lowest BCUT2D eigenvalue weighted by Crippen LogP contribution is -2.11. The largest absolute Gasteiger partial charge is 0.477 e. The fourth-order valence-corrected chi connectivity index (χ4v) is 2.01. The standard InChI is InChI=1S/C15H18N2O2/c1-10-13(14(18)19)17(9-16-10)12-7-5-11(6-8-12)15(2,3)4/h5-9H,1-4H3,(H,18,19). The van der Waals surface area contributed by atoms with Gasteiger partial charge in [-0.3, -0.25) is 4.57 Å². The van der Waals surface area contributed by atoms with Crippen molar-refractivity contribution >= 4 is 5.97 Å². The maximum atomic E-state index is 11.2. The molecule has 0 aliphatic heterocycles. The molecular weight excluding hydrogens is 240 g/mol. The number of hydrogen-bond donors (Lipinski definition) is 1. The van der Waals surface area contributed by atoms with Gasteiger partial charge in [0.25, 0.3) is 0 Å². The minimum atomic E-state index is -0.963. The summed E-state index contributed by atoms with van der Waals surface area (Å²) in [6.45, 7) is 8.13. The van der Waals surface area contributed by atoms with Crippen LogP contribution in [0.1, 0.15) is 42.5 Å². The summed E-state index contributed by atoms with van der Waals surface area (Å²) in [5, 5.41) is 9.22. The number of aromatic nitrogens is 2. The molecule has 1 heterocycles. The van der Waals surface area contributed by atoms with Gasteiger partial charge in [-0.25, -0.2) is 9.78 Å². The zero-order chi connectivity index (χ0) is 14.2. The second kappa shape index (κ2) is 4.53. The van der Waals surface area contributed by atoms with Crippen LogP contribution in [0.15, 0.2) is 30.6 Å². The van der Waals surface area contributed by atoms with Crippen molar-refractivity contribution in [1.82, 2.24) is 9.55 Å². The fourth-order valence-electron chi connectivity index (χ4n) is 2.01. The van der Waals surface area contributed by atoms with Crippen molar-refractivity contribution in [1.29, 1.82) is 0 Å². The molecule has 0 aliphatic carbocycles. The van der Waals surface area contributed by atoms with Gasteiger partial charge in [-0.05, 0) is 30.0 Å². The second-order valence-electron chi connectivity index (χ2n) is 5.65. The van der Waals surface area contributed by atoms with E-state index in [-0.39, 0.29) is 11.1 Å². The molecule has 1 aromatic carbocycles. The molecule has 0 radical (unpaired) electrons. The first-order valence-corrected chi connectivity index (χ1v) is 6.19. The molecule has 0 saturated heterocycles. The van der Waals surface area contributed by atoms with E-state index in [4.69, 9.17) is 0 Å². The third-order valence-electron chi connectivity index (χ3n) is 3.16. The zero-order valence-electron chi connectivity index (χ0n) is 11.6. The van der Waals surface area contributed by atoms with E-state index in [1.807, 2.05) is 24.3 Å². The average Bonchev–Trinajstić information content (AvgIpc) is 2.70. The molecule has 2 aromatic rings. The van der Waals surface area contributed by atoms with Gasteiger partial charge >= 0.3 is 5.97 Å². The maximum Gasteiger partial charge on any atom is 0.354 e. The lowest BCUT2D eigenvalue weighted by Gasteiger charge is -2.19. The van der Waals surface area contributed by atoms with E-state index in [9.17, 15) is 9.90 Å². The van der Waals surface area contributed by atoms with Crippen LogP contribution in [0, 0.1) is 6.92 Å². The molecule has 0 spiro atoms. The summed E-state index contributed by atoms with van der Waals surface area (Å²) in [7, 11) is 0. The van der Waals surface area contributed by atoms with Gasteiger partial charge in [-0.15, -0.1) is 0 Å². The van der Waals surface area contributed by atoms with Gasteiger partial charge in [0.2, 0.25) is 0 Å². The van der Waals surface area contributed by atoms with Crippen LogP contribution in [-0.4, -0.2) is 20.6 Å². The Morgan fingerprint density at radius 3 is 2.26 bits per heavy atom. The van der Waals surface area contributed by atoms with E-state index >= 15 is 0 Å². The maximum absolute atomic E-state index is 11.2. The van der Waals surface area contributed by atoms with E-state index in [1.54, 1.807) is 17.8 Å². The van der Waals surface area contributed by atoms with Crippen molar-refractivity contribution in [2.75, 3.05) is 0 Å². The van der Waals surface area contributed by atoms with Gasteiger partial charge in [0.1, 0.15) is 6.33 Å². The van der Waals surface area contributed by atoms with Crippen molar-refractivity contribution in [3.05, 3.63) is 47.5 Å². The first kappa shape index (κ1) is 13.3. The Balaban J connectivity index is 2.46. The number of carbonyl (C=O) groups is 1. The summed E-state index contributed by atoms with van der Waals surface area (Å²) < 4.78 is 1.60. The lowest BCUT2D eigenvalue weighted by molar-refractivity contribution is 0.0687. The van der Waals surface area contributed by atoms with Crippen LogP contribution < -0.4 is 0 Å². The molecule has 2 rings (SSSR count). The van der Waals surface area contributed by atoms with Crippen LogP contribution in [0.4, 0.5) is 0 Å². The Hall–Kier alpha value is -2.10. The van der Waals surface area contributed by atoms with Crippen LogP contribution in [0.2, 0.25) is 0 Å². The first-order chi connectivity index (χ1) is 8.80. The van der Waals surface area contributed by atoms with Gasteiger partial charge in [-0.1, -0.05) is 32.9 Å². The first-order valence-electron chi connectivity index (χ1n) is 6.19. The highest BCUT2D eigenvalue weighted by atomic mass is 16.4. The summed E-state index contributed by atoms with van der Waals surface area (Å²) in [6.07, 6.45) is 1.55. The van der Waals surface area contributed by atoms with Gasteiger partial charge in [-0.2, -0.15) is 0 Å². The third kappa shape index (κ3) is 2.52. The van der Waals surface area contributed by atoms with E-state index in [2.05, 4.69) is 25.8 Å². The van der Waals surface area contributed by atoms with Gasteiger partial charge in [0, 0.05) is 5.69 Å². The van der Waals surface area contributed by atoms with Crippen LogP contribution in [0.5, 0.6) is 0 Å². The number of rotatable bonds is 2. The SMILES string of the molecule is Cc1ncn(-c2ccc(C(C)(C)C)cc2)c1C(=O)O. The number of nitrogens with zero attached hydrogens (tertiary/aromatic N) is 2. The number of carboxylic acids is 1. The molecule has 4 heteroatoms. The molecule has 0 bridgehead atoms. The predicted octanol–water partition coefficient (Wildman–Crippen LogP) is 3.18. The molecule has 1 aromatic heterocycles. The summed E-state index contributed by atoms with van der Waals surface area (Å²) in [6, 6.07) is 7.90. The molecule has 0 amide bonds. The van der Waals surface area contributed by atoms with E-state index in [0.717, 1.165) is 5.69 Å². The minimum absolute atomic E-state index is 0.0824. The van der Waals surface area contributed by atoms with E-state index in [1.165, 1.54) is 5.56 Å². The number of imidazole rings is 1. The Morgan fingerprint density at radius 2 is 1.79 bits per heavy atom. The minimum Gasteiger partial charge on any atom is -0.477 e. The normalized spacial score (nSPS) is 11.6. The summed E-state index contributed by atoms with van der Waals surface area (Å²) in [4.78, 5) is 15.3. The number of carboxylic acid groups (broad SMARTS) is 1. The molecule has 0 saturated carbocycles. The summed E-state index contributed by atoms with van der Waals surface area (Å²) in [5.74, 6) is -0.963. The van der Waals surface area contributed by atoms with Crippen molar-refractivity contribution in [3.63, 3.8) is 0 Å². The summed E-state index contributed by atoms with van der Waals surface area (Å²) in [5.41, 5.74) is 2.84. The fraction of sp³-hybridized carbons (Fsp3) is 0.333. The number of aryl methyl sites for hydroxylation is 1. The molecule has 19 heavy (non-hydrogen) atoms. The van der Waals surface area contributed by atoms with Crippen LogP contribution in [0.25, 0.3) is 5.69 Å². The van der Waals surface area contributed by atoms with Gasteiger partial charge in [0.05, 0.1) is 5.69 Å². The summed E-state index contributed by atoms with van der Waals surface area (Å²) >= 11 is 0. The van der Waals surface area contributed by atoms with Crippen molar-refractivity contribution in [3.8, 4) is 5.69 Å². The molecule has 1 N–H and O–H groups in total. The Bertz CT molecular complexity index is 604. The number of hydrogen-bond acceptors (Lipinski definition) is 2. The second-order valence-corrected chi connectivity index (χ2v) is 5.65. The quantitative estimate of drug-likeness (QED) is 0.900. The van der Waals surface area contributed by atoms with E-state index < -0.39 is 5.97 Å². The average molecular weight is 258 g/mol. The number of benzene rings is 1. The number of aromatic carboxylic acids is 1. The third-order valence-corrected chi connectivity index (χ3v) is 3.16. The topological polar surface area (TPSA) is 55.1 Å². The lowest BCUT2D eigenvalue weighted by atomic mass is 9.87. The molecule has 0 unspecified atom stereocenters. The highest BCUT2D eigenvalue weighted by Gasteiger charge is 2.17. The zero-order valence-corrected chi connectivity index (χ0v) is 11.6. The molecular formula is C15H18N2O2. The van der Waals surface area contributed by atoms with Crippen molar-refractivity contribution in [2.24, 2.45) is 0 Å². The molecule has 0 fully saturated rings. The Morgan fingerprint density at radius 1 is 1.21 bits per heavy atom. The van der Waals surface area contributed by atoms with Gasteiger partial charge in [0.15, 0.2) is 5.69 Å². The molecule has 100 valence electrons. The van der Waals surface area contributed by atoms with E-state index in [0.29, 0.717) is 5.69 Å². The molecule has 4 nitrogen and oxygen atoms in total. The molecule has 0 atom stereocenters. The predicted molar refractivity (Wildman–Crippen MR) is 74.0 cm³/mol. The van der Waals surface area contributed by atoms with Crippen LogP contribution in [0.3, 0.4) is 0 Å². The Kier molecular flexibility index (Phi) is 3.18. The van der Waals surface area contributed by atoms with Crippen molar-refractivity contribution < 1.29 is 9.90 Å². The highest BCUT2D eigenvalue weighted by Crippen LogP contribution is 2.24. The monoisotopic (exact) mass is 258 g/mol. The smallest absolute Gasteiger partial charge is 0.354 e. The van der Waals surface area contributed by atoms with Gasteiger partial charge < -0.3 is 5.11 Å². The van der Waals surface area contributed by atoms with Crippen LogP contribution in [-0.2, 0) is 5.41 Å².